The Kier molecular flexibility index (Phi) is 13.8. The van der Waals surface area contributed by atoms with E-state index < -0.39 is 17.1 Å². The second kappa shape index (κ2) is 17.7. The first-order valence-corrected chi connectivity index (χ1v) is 19.4. The summed E-state index contributed by atoms with van der Waals surface area (Å²) in [6, 6.07) is 32.8. The van der Waals surface area contributed by atoms with Crippen molar-refractivity contribution in [3.8, 4) is 5.75 Å². The van der Waals surface area contributed by atoms with Crippen LogP contribution in [0.4, 0.5) is 0 Å². The quantitative estimate of drug-likeness (QED) is 0.0724. The zero-order chi connectivity index (χ0) is 39.7. The van der Waals surface area contributed by atoms with Crippen LogP contribution in [0.1, 0.15) is 125 Å². The molecule has 5 nitrogen and oxygen atoms in total. The molecule has 54 heavy (non-hydrogen) atoms. The Morgan fingerprint density at radius 1 is 0.593 bits per heavy atom. The zero-order valence-electron chi connectivity index (χ0n) is 33.7. The molecule has 0 bridgehead atoms. The molecule has 0 amide bonds. The van der Waals surface area contributed by atoms with Crippen LogP contribution < -0.4 is 4.74 Å². The lowest BCUT2D eigenvalue weighted by Crippen LogP contribution is -2.34. The standard InChI is InChI=1S/C49H60O5/c1-11-44(51)35-17-19-36(20-18-35)46(7,8)38-23-27-41(28-24-38)49(15-5,16-6)54-34-42(50)33-53-43-31-29-39(30-32-43)47(9,10)37-21-25-40(26-22-37)48(13-3,14-4)45(52)12-2/h11-12,17-32,42,50H,1-2,13-16,33-34H2,3-10H3. The Morgan fingerprint density at radius 2 is 1.00 bits per heavy atom. The first-order valence-electron chi connectivity index (χ1n) is 19.4. The van der Waals surface area contributed by atoms with Gasteiger partial charge in [-0.05, 0) is 83.3 Å². The van der Waals surface area contributed by atoms with E-state index in [1.165, 1.54) is 12.2 Å². The molecular weight excluding hydrogens is 669 g/mol. The van der Waals surface area contributed by atoms with Gasteiger partial charge in [0.25, 0.3) is 0 Å². The third-order valence-electron chi connectivity index (χ3n) is 11.9. The van der Waals surface area contributed by atoms with Gasteiger partial charge in [0.05, 0.1) is 17.6 Å². The smallest absolute Gasteiger partial charge is 0.185 e. The zero-order valence-corrected chi connectivity index (χ0v) is 33.7. The van der Waals surface area contributed by atoms with E-state index in [-0.39, 0.29) is 35.6 Å². The van der Waals surface area contributed by atoms with Gasteiger partial charge in [-0.1, -0.05) is 153 Å². The van der Waals surface area contributed by atoms with Crippen LogP contribution in [0.25, 0.3) is 0 Å². The maximum Gasteiger partial charge on any atom is 0.185 e. The molecule has 0 heterocycles. The van der Waals surface area contributed by atoms with E-state index in [2.05, 4.69) is 129 Å². The summed E-state index contributed by atoms with van der Waals surface area (Å²) in [7, 11) is 0. The van der Waals surface area contributed by atoms with Gasteiger partial charge in [0.15, 0.2) is 11.6 Å². The Bertz CT molecular complexity index is 1850. The largest absolute Gasteiger partial charge is 0.491 e. The number of benzene rings is 4. The molecule has 4 aromatic rings. The first kappa shape index (κ1) is 42.2. The number of aliphatic hydroxyl groups excluding tert-OH is 1. The molecule has 5 heteroatoms. The van der Waals surface area contributed by atoms with Crippen LogP contribution in [0, 0.1) is 0 Å². The van der Waals surface area contributed by atoms with Gasteiger partial charge in [-0.3, -0.25) is 9.59 Å². The highest BCUT2D eigenvalue weighted by Crippen LogP contribution is 2.39. The fourth-order valence-electron chi connectivity index (χ4n) is 7.65. The monoisotopic (exact) mass is 728 g/mol. The summed E-state index contributed by atoms with van der Waals surface area (Å²) in [5.74, 6) is 0.663. The van der Waals surface area contributed by atoms with E-state index in [4.69, 9.17) is 9.47 Å². The molecule has 0 aromatic heterocycles. The van der Waals surface area contributed by atoms with E-state index in [1.54, 1.807) is 0 Å². The van der Waals surface area contributed by atoms with Gasteiger partial charge in [-0.2, -0.15) is 0 Å². The molecular formula is C49H60O5. The number of aliphatic hydroxyl groups is 1. The predicted molar refractivity (Wildman–Crippen MR) is 222 cm³/mol. The summed E-state index contributed by atoms with van der Waals surface area (Å²) in [5.41, 5.74) is 5.66. The molecule has 4 rings (SSSR count). The number of ketones is 2. The van der Waals surface area contributed by atoms with Gasteiger partial charge in [-0.15, -0.1) is 0 Å². The summed E-state index contributed by atoms with van der Waals surface area (Å²) in [6.07, 6.45) is 4.94. The Balaban J connectivity index is 1.37. The molecule has 1 atom stereocenters. The van der Waals surface area contributed by atoms with E-state index in [9.17, 15) is 14.7 Å². The minimum absolute atomic E-state index is 0.0662. The molecule has 1 N–H and O–H groups in total. The van der Waals surface area contributed by atoms with Crippen LogP contribution in [-0.4, -0.2) is 36.0 Å². The molecule has 0 saturated heterocycles. The van der Waals surface area contributed by atoms with E-state index in [0.717, 1.165) is 59.1 Å². The number of hydrogen-bond donors (Lipinski definition) is 1. The van der Waals surface area contributed by atoms with Gasteiger partial charge >= 0.3 is 0 Å². The summed E-state index contributed by atoms with van der Waals surface area (Å²) in [5, 5.41) is 11.0. The van der Waals surface area contributed by atoms with Crippen molar-refractivity contribution in [2.45, 2.75) is 109 Å². The number of carbonyl (C=O) groups excluding carboxylic acids is 2. The molecule has 0 saturated carbocycles. The average molecular weight is 729 g/mol. The molecule has 0 spiro atoms. The average Bonchev–Trinajstić information content (AvgIpc) is 3.21. The number of hydrogen-bond acceptors (Lipinski definition) is 5. The summed E-state index contributed by atoms with van der Waals surface area (Å²) >= 11 is 0. The number of ether oxygens (including phenoxy) is 2. The van der Waals surface area contributed by atoms with Crippen LogP contribution in [0.5, 0.6) is 5.75 Å². The molecule has 286 valence electrons. The molecule has 0 aliphatic rings. The van der Waals surface area contributed by atoms with Crippen LogP contribution in [0.2, 0.25) is 0 Å². The van der Waals surface area contributed by atoms with Crippen LogP contribution in [-0.2, 0) is 31.4 Å². The molecule has 0 aliphatic heterocycles. The highest BCUT2D eigenvalue weighted by atomic mass is 16.5. The SMILES string of the molecule is C=CC(=O)c1ccc(C(C)(C)c2ccc(C(CC)(CC)OCC(O)COc3ccc(C(C)(C)c4ccc(C(CC)(CC)C(=O)C=C)cc4)cc3)cc2)cc1. The normalized spacial score (nSPS) is 12.9. The number of rotatable bonds is 20. The number of allylic oxidation sites excluding steroid dienone is 2. The van der Waals surface area contributed by atoms with Crippen LogP contribution in [0.15, 0.2) is 122 Å². The van der Waals surface area contributed by atoms with Crippen molar-refractivity contribution in [3.05, 3.63) is 161 Å². The second-order valence-corrected chi connectivity index (χ2v) is 15.4. The van der Waals surface area contributed by atoms with Gasteiger partial charge in [-0.25, -0.2) is 0 Å². The Morgan fingerprint density at radius 3 is 1.41 bits per heavy atom. The molecule has 0 fully saturated rings. The maximum atomic E-state index is 12.8. The lowest BCUT2D eigenvalue weighted by Gasteiger charge is -2.34. The third kappa shape index (κ3) is 8.69. The maximum absolute atomic E-state index is 12.8. The van der Waals surface area contributed by atoms with Crippen molar-refractivity contribution in [2.75, 3.05) is 13.2 Å². The van der Waals surface area contributed by atoms with Crippen LogP contribution >= 0.6 is 0 Å². The van der Waals surface area contributed by atoms with Crippen molar-refractivity contribution in [1.29, 1.82) is 0 Å². The topological polar surface area (TPSA) is 72.8 Å². The second-order valence-electron chi connectivity index (χ2n) is 15.4. The van der Waals surface area contributed by atoms with E-state index in [1.807, 2.05) is 36.4 Å². The fourth-order valence-corrected chi connectivity index (χ4v) is 7.65. The van der Waals surface area contributed by atoms with Crippen molar-refractivity contribution >= 4 is 11.6 Å². The number of carbonyl (C=O) groups is 2. The third-order valence-corrected chi connectivity index (χ3v) is 11.9. The Labute approximate surface area is 324 Å². The van der Waals surface area contributed by atoms with E-state index >= 15 is 0 Å². The summed E-state index contributed by atoms with van der Waals surface area (Å²) < 4.78 is 12.5. The van der Waals surface area contributed by atoms with Gasteiger partial charge in [0.1, 0.15) is 18.5 Å². The van der Waals surface area contributed by atoms with Crippen molar-refractivity contribution in [1.82, 2.24) is 0 Å². The molecule has 0 radical (unpaired) electrons. The lowest BCUT2D eigenvalue weighted by atomic mass is 9.71. The fraction of sp³-hybridized carbons (Fsp3) is 0.388. The molecule has 4 aromatic carbocycles. The highest BCUT2D eigenvalue weighted by molar-refractivity contribution is 6.04. The van der Waals surface area contributed by atoms with Crippen molar-refractivity contribution < 1.29 is 24.2 Å². The summed E-state index contributed by atoms with van der Waals surface area (Å²) in [4.78, 5) is 24.8. The van der Waals surface area contributed by atoms with E-state index in [0.29, 0.717) is 11.3 Å². The van der Waals surface area contributed by atoms with Gasteiger partial charge in [0, 0.05) is 16.4 Å². The minimum atomic E-state index is -0.808. The predicted octanol–water partition coefficient (Wildman–Crippen LogP) is 11.0. The van der Waals surface area contributed by atoms with Crippen molar-refractivity contribution in [3.63, 3.8) is 0 Å². The van der Waals surface area contributed by atoms with Gasteiger partial charge < -0.3 is 14.6 Å². The Hall–Kier alpha value is -4.58. The molecule has 0 aliphatic carbocycles. The first-order chi connectivity index (χ1) is 25.7. The van der Waals surface area contributed by atoms with Crippen molar-refractivity contribution in [2.24, 2.45) is 0 Å². The van der Waals surface area contributed by atoms with Crippen LogP contribution in [0.3, 0.4) is 0 Å². The lowest BCUT2D eigenvalue weighted by molar-refractivity contribution is -0.120. The van der Waals surface area contributed by atoms with Gasteiger partial charge in [0.2, 0.25) is 0 Å². The molecule has 1 unspecified atom stereocenters. The minimum Gasteiger partial charge on any atom is -0.491 e. The summed E-state index contributed by atoms with van der Waals surface area (Å²) in [6.45, 7) is 24.7. The highest BCUT2D eigenvalue weighted by Gasteiger charge is 2.35.